The van der Waals surface area contributed by atoms with Gasteiger partial charge < -0.3 is 0 Å². The summed E-state index contributed by atoms with van der Waals surface area (Å²) in [6.07, 6.45) is 20.3. The van der Waals surface area contributed by atoms with Crippen LogP contribution in [-0.4, -0.2) is 0 Å². The molecule has 0 fully saturated rings. The van der Waals surface area contributed by atoms with Crippen molar-refractivity contribution in [2.45, 2.75) is 96.8 Å². The normalized spacial score (nSPS) is 10.1. The highest BCUT2D eigenvalue weighted by Crippen LogP contribution is 2.12. The molecule has 0 N–H and O–H groups in total. The van der Waals surface area contributed by atoms with Crippen LogP contribution in [0.1, 0.15) is 96.8 Å². The summed E-state index contributed by atoms with van der Waals surface area (Å²) >= 11 is 0. The van der Waals surface area contributed by atoms with E-state index >= 15 is 0 Å². The molecule has 0 aliphatic heterocycles. The molecule has 1 nitrogen and oxygen atoms in total. The zero-order valence-corrected chi connectivity index (χ0v) is 12.3. The van der Waals surface area contributed by atoms with E-state index < -0.39 is 0 Å². The summed E-state index contributed by atoms with van der Waals surface area (Å²) in [7, 11) is 0. The van der Waals surface area contributed by atoms with Gasteiger partial charge in [-0.25, -0.2) is 5.11 Å². The van der Waals surface area contributed by atoms with Gasteiger partial charge in [0.1, 0.15) is 0 Å². The molecule has 1 radical (unpaired) electrons. The molecule has 0 aromatic carbocycles. The van der Waals surface area contributed by atoms with Crippen LogP contribution in [0, 0.1) is 12.0 Å². The Bertz CT molecular complexity index is 199. The van der Waals surface area contributed by atoms with E-state index in [1.807, 2.05) is 0 Å². The van der Waals surface area contributed by atoms with Gasteiger partial charge in [0, 0.05) is 6.42 Å². The molecule has 0 spiro atoms. The minimum absolute atomic E-state index is 0.793. The fraction of sp³-hybridized carbons (Fsp3) is 0.882. The smallest absolute Gasteiger partial charge is 0.172 e. The first-order chi connectivity index (χ1) is 8.91. The monoisotopic (exact) mass is 251 g/mol. The van der Waals surface area contributed by atoms with Crippen LogP contribution in [-0.2, 0) is 5.11 Å². The molecule has 18 heavy (non-hydrogen) atoms. The summed E-state index contributed by atoms with van der Waals surface area (Å²) in [5.41, 5.74) is 0. The molecule has 0 heterocycles. The van der Waals surface area contributed by atoms with E-state index in [-0.39, 0.29) is 0 Å². The number of hydrogen-bond donors (Lipinski definition) is 0. The molecule has 0 saturated carbocycles. The first-order valence-electron chi connectivity index (χ1n) is 8.01. The van der Waals surface area contributed by atoms with Gasteiger partial charge in [0.25, 0.3) is 0 Å². The van der Waals surface area contributed by atoms with Crippen LogP contribution in [0.25, 0.3) is 0 Å². The summed E-state index contributed by atoms with van der Waals surface area (Å²) in [5.74, 6) is 2.58. The number of hydrogen-bond acceptors (Lipinski definition) is 0. The number of unbranched alkanes of at least 4 members (excludes halogenated alkanes) is 13. The van der Waals surface area contributed by atoms with E-state index in [0.29, 0.717) is 0 Å². The van der Waals surface area contributed by atoms with Crippen LogP contribution >= 0.6 is 0 Å². The summed E-state index contributed by atoms with van der Waals surface area (Å²) in [4.78, 5) is 0. The Morgan fingerprint density at radius 3 is 1.39 bits per heavy atom. The van der Waals surface area contributed by atoms with Crippen molar-refractivity contribution in [1.82, 2.24) is 0 Å². The third-order valence-electron chi connectivity index (χ3n) is 3.48. The Kier molecular flexibility index (Phi) is 15.8. The maximum absolute atomic E-state index is 9.89. The quantitative estimate of drug-likeness (QED) is 0.288. The summed E-state index contributed by atoms with van der Waals surface area (Å²) < 4.78 is 0. The lowest BCUT2D eigenvalue weighted by molar-refractivity contribution is 0.391. The summed E-state index contributed by atoms with van der Waals surface area (Å²) in [5, 5.41) is 9.89. The first kappa shape index (κ1) is 17.4. The van der Waals surface area contributed by atoms with Gasteiger partial charge in [-0.1, -0.05) is 89.9 Å². The van der Waals surface area contributed by atoms with Gasteiger partial charge in [0.15, 0.2) is 6.11 Å². The third kappa shape index (κ3) is 15.4. The molecular formula is C17H31O. The average Bonchev–Trinajstić information content (AvgIpc) is 2.39. The van der Waals surface area contributed by atoms with Crippen molar-refractivity contribution < 1.29 is 5.11 Å². The lowest BCUT2D eigenvalue weighted by Gasteiger charge is -2.02. The van der Waals surface area contributed by atoms with Gasteiger partial charge in [-0.3, -0.25) is 0 Å². The predicted octanol–water partition coefficient (Wildman–Crippen LogP) is 5.86. The molecule has 0 rings (SSSR count). The van der Waals surface area contributed by atoms with Crippen molar-refractivity contribution in [3.63, 3.8) is 0 Å². The molecule has 0 bridgehead atoms. The molecule has 1 heteroatoms. The molecule has 0 aromatic rings. The Morgan fingerprint density at radius 1 is 0.611 bits per heavy atom. The topological polar surface area (TPSA) is 19.9 Å². The van der Waals surface area contributed by atoms with E-state index in [4.69, 9.17) is 0 Å². The van der Waals surface area contributed by atoms with Gasteiger partial charge in [0.2, 0.25) is 0 Å². The Hall–Kier alpha value is -0.640. The second kappa shape index (κ2) is 16.4. The SMILES string of the molecule is CCCCCCCCCCCCCCCC#C[O]. The summed E-state index contributed by atoms with van der Waals surface area (Å²) in [6.45, 7) is 2.27. The third-order valence-corrected chi connectivity index (χ3v) is 3.48. The van der Waals surface area contributed by atoms with Gasteiger partial charge >= 0.3 is 0 Å². The fourth-order valence-electron chi connectivity index (χ4n) is 2.28. The van der Waals surface area contributed by atoms with Gasteiger partial charge in [0.05, 0.1) is 0 Å². The highest BCUT2D eigenvalue weighted by molar-refractivity contribution is 4.88. The molecule has 0 saturated heterocycles. The van der Waals surface area contributed by atoms with Gasteiger partial charge in [-0.15, -0.1) is 0 Å². The Balaban J connectivity index is 2.92. The second-order valence-electron chi connectivity index (χ2n) is 5.27. The van der Waals surface area contributed by atoms with Crippen LogP contribution in [0.5, 0.6) is 0 Å². The molecule has 0 unspecified atom stereocenters. The van der Waals surface area contributed by atoms with Gasteiger partial charge in [-0.05, 0) is 6.42 Å². The second-order valence-corrected chi connectivity index (χ2v) is 5.27. The highest BCUT2D eigenvalue weighted by atomic mass is 16.2. The molecule has 0 aliphatic carbocycles. The van der Waals surface area contributed by atoms with E-state index in [0.717, 1.165) is 12.8 Å². The minimum Gasteiger partial charge on any atom is -0.224 e. The minimum atomic E-state index is 0.793. The molecule has 0 atom stereocenters. The fourth-order valence-corrected chi connectivity index (χ4v) is 2.28. The van der Waals surface area contributed by atoms with Crippen LogP contribution in [0.3, 0.4) is 0 Å². The molecular weight excluding hydrogens is 220 g/mol. The molecule has 0 aliphatic rings. The van der Waals surface area contributed by atoms with Crippen molar-refractivity contribution >= 4 is 0 Å². The van der Waals surface area contributed by atoms with E-state index in [1.54, 1.807) is 6.11 Å². The summed E-state index contributed by atoms with van der Waals surface area (Å²) in [6, 6.07) is 0. The lowest BCUT2D eigenvalue weighted by atomic mass is 10.0. The largest absolute Gasteiger partial charge is 0.224 e. The van der Waals surface area contributed by atoms with Crippen LogP contribution in [0.4, 0.5) is 0 Å². The van der Waals surface area contributed by atoms with Crippen molar-refractivity contribution in [2.75, 3.05) is 0 Å². The van der Waals surface area contributed by atoms with Crippen LogP contribution < -0.4 is 0 Å². The Morgan fingerprint density at radius 2 is 1.00 bits per heavy atom. The van der Waals surface area contributed by atoms with Crippen molar-refractivity contribution in [3.05, 3.63) is 0 Å². The standard InChI is InChI=1S/C17H31O/c1-2-3-4-5-6-7-8-9-10-11-12-13-14-15-16-17-18/h2-15H2,1H3. The average molecular weight is 251 g/mol. The van der Waals surface area contributed by atoms with Crippen LogP contribution in [0.15, 0.2) is 0 Å². The molecule has 105 valence electrons. The maximum Gasteiger partial charge on any atom is 0.172 e. The Labute approximate surface area is 114 Å². The zero-order chi connectivity index (χ0) is 13.3. The van der Waals surface area contributed by atoms with Gasteiger partial charge in [-0.2, -0.15) is 0 Å². The number of rotatable bonds is 13. The van der Waals surface area contributed by atoms with Crippen molar-refractivity contribution in [3.8, 4) is 12.0 Å². The van der Waals surface area contributed by atoms with E-state index in [9.17, 15) is 5.11 Å². The highest BCUT2D eigenvalue weighted by Gasteiger charge is 1.93. The zero-order valence-electron chi connectivity index (χ0n) is 12.3. The first-order valence-corrected chi connectivity index (χ1v) is 8.01. The molecule has 0 amide bonds. The molecule has 0 aromatic heterocycles. The predicted molar refractivity (Wildman–Crippen MR) is 78.8 cm³/mol. The lowest BCUT2D eigenvalue weighted by Crippen LogP contribution is -1.82. The van der Waals surface area contributed by atoms with Crippen LogP contribution in [0.2, 0.25) is 0 Å². The van der Waals surface area contributed by atoms with Crippen molar-refractivity contribution in [2.24, 2.45) is 0 Å². The maximum atomic E-state index is 9.89. The van der Waals surface area contributed by atoms with E-state index in [2.05, 4.69) is 12.8 Å². The van der Waals surface area contributed by atoms with E-state index in [1.165, 1.54) is 77.0 Å². The van der Waals surface area contributed by atoms with Crippen molar-refractivity contribution in [1.29, 1.82) is 0 Å².